The molecule has 0 bridgehead atoms. The third kappa shape index (κ3) is 2.93. The lowest BCUT2D eigenvalue weighted by atomic mass is 9.97. The summed E-state index contributed by atoms with van der Waals surface area (Å²) in [6.45, 7) is 2.19. The van der Waals surface area contributed by atoms with Gasteiger partial charge in [-0.2, -0.15) is 0 Å². The van der Waals surface area contributed by atoms with Crippen LogP contribution in [0.2, 0.25) is 0 Å². The van der Waals surface area contributed by atoms with Crippen molar-refractivity contribution in [3.63, 3.8) is 0 Å². The fourth-order valence-corrected chi connectivity index (χ4v) is 2.20. The van der Waals surface area contributed by atoms with Crippen LogP contribution in [0.5, 0.6) is 0 Å². The Balaban J connectivity index is 2.15. The average molecular weight is 263 g/mol. The van der Waals surface area contributed by atoms with E-state index in [2.05, 4.69) is 5.32 Å². The van der Waals surface area contributed by atoms with Gasteiger partial charge in [-0.25, -0.2) is 4.79 Å². The molecule has 1 aliphatic heterocycles. The molecule has 2 atom stereocenters. The highest BCUT2D eigenvalue weighted by atomic mass is 16.5. The molecule has 5 heteroatoms. The van der Waals surface area contributed by atoms with Crippen molar-refractivity contribution in [3.8, 4) is 0 Å². The van der Waals surface area contributed by atoms with E-state index < -0.39 is 18.1 Å². The molecule has 0 saturated heterocycles. The summed E-state index contributed by atoms with van der Waals surface area (Å²) < 4.78 is 5.49. The quantitative estimate of drug-likeness (QED) is 0.858. The second kappa shape index (κ2) is 5.84. The molecular weight excluding hydrogens is 246 g/mol. The summed E-state index contributed by atoms with van der Waals surface area (Å²) in [5, 5.41) is 11.5. The Morgan fingerprint density at radius 3 is 2.89 bits per heavy atom. The van der Waals surface area contributed by atoms with Gasteiger partial charge < -0.3 is 15.2 Å². The zero-order valence-electron chi connectivity index (χ0n) is 10.8. The maximum absolute atomic E-state index is 12.1. The summed E-state index contributed by atoms with van der Waals surface area (Å²) in [6.07, 6.45) is 0.407. The van der Waals surface area contributed by atoms with E-state index in [9.17, 15) is 9.59 Å². The lowest BCUT2D eigenvalue weighted by Gasteiger charge is -2.26. The van der Waals surface area contributed by atoms with Gasteiger partial charge in [0.05, 0.1) is 6.61 Å². The number of carboxylic acid groups (broad SMARTS) is 1. The Labute approximate surface area is 111 Å². The standard InChI is InChI=1S/C14H17NO4/c1-2-11(14(17)18)15-13(16)12-10-6-4-3-5-9(10)7-8-19-12/h3-6,11-12H,2,7-8H2,1H3,(H,15,16)(H,17,18)/t11-,12?/m0/s1. The van der Waals surface area contributed by atoms with Gasteiger partial charge in [0.1, 0.15) is 6.04 Å². The number of carbonyl (C=O) groups is 2. The van der Waals surface area contributed by atoms with E-state index in [4.69, 9.17) is 9.84 Å². The number of amides is 1. The predicted octanol–water partition coefficient (Wildman–Crippen LogP) is 1.28. The maximum atomic E-state index is 12.1. The van der Waals surface area contributed by atoms with Crippen molar-refractivity contribution < 1.29 is 19.4 Å². The predicted molar refractivity (Wildman–Crippen MR) is 68.7 cm³/mol. The molecule has 1 unspecified atom stereocenters. The van der Waals surface area contributed by atoms with E-state index in [1.165, 1.54) is 0 Å². The Hall–Kier alpha value is -1.88. The molecule has 0 radical (unpaired) electrons. The van der Waals surface area contributed by atoms with Crippen LogP contribution in [0.1, 0.15) is 30.6 Å². The van der Waals surface area contributed by atoms with Crippen LogP contribution in [0.15, 0.2) is 24.3 Å². The third-order valence-corrected chi connectivity index (χ3v) is 3.25. The fourth-order valence-electron chi connectivity index (χ4n) is 2.20. The van der Waals surface area contributed by atoms with Crippen molar-refractivity contribution in [3.05, 3.63) is 35.4 Å². The van der Waals surface area contributed by atoms with Crippen molar-refractivity contribution in [1.82, 2.24) is 5.32 Å². The van der Waals surface area contributed by atoms with Crippen molar-refractivity contribution in [2.45, 2.75) is 31.9 Å². The fraction of sp³-hybridized carbons (Fsp3) is 0.429. The lowest BCUT2D eigenvalue weighted by Crippen LogP contribution is -2.44. The highest BCUT2D eigenvalue weighted by Gasteiger charge is 2.29. The number of hydrogen-bond donors (Lipinski definition) is 2. The molecule has 2 N–H and O–H groups in total. The molecule has 1 aromatic carbocycles. The number of rotatable bonds is 4. The average Bonchev–Trinajstić information content (AvgIpc) is 2.43. The molecular formula is C14H17NO4. The highest BCUT2D eigenvalue weighted by Crippen LogP contribution is 2.27. The van der Waals surface area contributed by atoms with Crippen LogP contribution < -0.4 is 5.32 Å². The molecule has 19 heavy (non-hydrogen) atoms. The zero-order chi connectivity index (χ0) is 13.8. The molecule has 1 aromatic rings. The van der Waals surface area contributed by atoms with Crippen molar-refractivity contribution in [1.29, 1.82) is 0 Å². The largest absolute Gasteiger partial charge is 0.480 e. The van der Waals surface area contributed by atoms with E-state index in [0.29, 0.717) is 13.0 Å². The van der Waals surface area contributed by atoms with E-state index >= 15 is 0 Å². The normalized spacial score (nSPS) is 19.3. The van der Waals surface area contributed by atoms with Gasteiger partial charge in [-0.3, -0.25) is 4.79 Å². The van der Waals surface area contributed by atoms with E-state index in [-0.39, 0.29) is 5.91 Å². The Kier molecular flexibility index (Phi) is 4.16. The number of nitrogens with one attached hydrogen (secondary N) is 1. The minimum Gasteiger partial charge on any atom is -0.480 e. The van der Waals surface area contributed by atoms with Gasteiger partial charge >= 0.3 is 5.97 Å². The third-order valence-electron chi connectivity index (χ3n) is 3.25. The molecule has 0 fully saturated rings. The molecule has 1 amide bonds. The smallest absolute Gasteiger partial charge is 0.326 e. The van der Waals surface area contributed by atoms with Crippen molar-refractivity contribution in [2.24, 2.45) is 0 Å². The Morgan fingerprint density at radius 2 is 2.21 bits per heavy atom. The van der Waals surface area contributed by atoms with Crippen molar-refractivity contribution in [2.75, 3.05) is 6.61 Å². The first-order chi connectivity index (χ1) is 9.13. The number of aliphatic carboxylic acids is 1. The van der Waals surface area contributed by atoms with Gasteiger partial charge in [-0.15, -0.1) is 0 Å². The van der Waals surface area contributed by atoms with Crippen molar-refractivity contribution >= 4 is 11.9 Å². The first-order valence-corrected chi connectivity index (χ1v) is 6.36. The van der Waals surface area contributed by atoms with Gasteiger partial charge in [0.25, 0.3) is 5.91 Å². The minimum absolute atomic E-state index is 0.343. The van der Waals surface area contributed by atoms with Gasteiger partial charge in [0.15, 0.2) is 6.10 Å². The van der Waals surface area contributed by atoms with E-state index in [0.717, 1.165) is 17.5 Å². The molecule has 0 saturated carbocycles. The van der Waals surface area contributed by atoms with Gasteiger partial charge in [-0.05, 0) is 24.0 Å². The summed E-state index contributed by atoms with van der Waals surface area (Å²) in [5.41, 5.74) is 1.91. The second-order valence-corrected chi connectivity index (χ2v) is 4.51. The number of carboxylic acids is 1. The SMILES string of the molecule is CC[C@H](NC(=O)C1OCCc2ccccc21)C(=O)O. The van der Waals surface area contributed by atoms with Crippen LogP contribution in [0.3, 0.4) is 0 Å². The topological polar surface area (TPSA) is 75.6 Å². The highest BCUT2D eigenvalue weighted by molar-refractivity contribution is 5.87. The second-order valence-electron chi connectivity index (χ2n) is 4.51. The summed E-state index contributed by atoms with van der Waals surface area (Å²) >= 11 is 0. The van der Waals surface area contributed by atoms with Gasteiger partial charge in [0.2, 0.25) is 0 Å². The van der Waals surface area contributed by atoms with Crippen LogP contribution in [-0.2, 0) is 20.7 Å². The molecule has 0 aliphatic carbocycles. The van der Waals surface area contributed by atoms with Crippen LogP contribution >= 0.6 is 0 Å². The molecule has 5 nitrogen and oxygen atoms in total. The molecule has 0 spiro atoms. The molecule has 1 heterocycles. The van der Waals surface area contributed by atoms with E-state index in [1.807, 2.05) is 24.3 Å². The Bertz CT molecular complexity index is 486. The number of ether oxygens (including phenoxy) is 1. The first kappa shape index (κ1) is 13.5. The minimum atomic E-state index is -1.03. The lowest BCUT2D eigenvalue weighted by molar-refractivity contribution is -0.145. The number of benzene rings is 1. The van der Waals surface area contributed by atoms with E-state index in [1.54, 1.807) is 6.92 Å². The Morgan fingerprint density at radius 1 is 1.47 bits per heavy atom. The number of carbonyl (C=O) groups excluding carboxylic acids is 1. The van der Waals surface area contributed by atoms with Crippen LogP contribution in [0.25, 0.3) is 0 Å². The summed E-state index contributed by atoms with van der Waals surface area (Å²) in [7, 11) is 0. The zero-order valence-corrected chi connectivity index (χ0v) is 10.8. The van der Waals surface area contributed by atoms with Crippen LogP contribution in [0, 0.1) is 0 Å². The molecule has 0 aromatic heterocycles. The monoisotopic (exact) mass is 263 g/mol. The van der Waals surface area contributed by atoms with Crippen LogP contribution in [-0.4, -0.2) is 29.6 Å². The van der Waals surface area contributed by atoms with Gasteiger partial charge in [0, 0.05) is 0 Å². The van der Waals surface area contributed by atoms with Gasteiger partial charge in [-0.1, -0.05) is 31.2 Å². The number of fused-ring (bicyclic) bond motifs is 1. The summed E-state index contributed by atoms with van der Waals surface area (Å²) in [6, 6.07) is 6.71. The number of hydrogen-bond acceptors (Lipinski definition) is 3. The maximum Gasteiger partial charge on any atom is 0.326 e. The molecule has 1 aliphatic rings. The summed E-state index contributed by atoms with van der Waals surface area (Å²) in [4.78, 5) is 23.1. The van der Waals surface area contributed by atoms with Crippen LogP contribution in [0.4, 0.5) is 0 Å². The first-order valence-electron chi connectivity index (χ1n) is 6.36. The molecule has 102 valence electrons. The molecule has 2 rings (SSSR count). The summed E-state index contributed by atoms with van der Waals surface area (Å²) in [5.74, 6) is -1.42.